The molecule has 180 valence electrons. The number of rotatable bonds is 4. The maximum atomic E-state index is 13.3. The van der Waals surface area contributed by atoms with Crippen LogP contribution in [0.3, 0.4) is 0 Å². The Morgan fingerprint density at radius 3 is 1.83 bits per heavy atom. The minimum atomic E-state index is -0.316. The van der Waals surface area contributed by atoms with E-state index in [-0.39, 0.29) is 41.3 Å². The second-order valence-corrected chi connectivity index (χ2v) is 10.0. The molecule has 0 N–H and O–H groups in total. The van der Waals surface area contributed by atoms with Crippen LogP contribution in [-0.2, 0) is 0 Å². The summed E-state index contributed by atoms with van der Waals surface area (Å²) in [7, 11) is 0. The first-order chi connectivity index (χ1) is 17.0. The molecule has 0 bridgehead atoms. The van der Waals surface area contributed by atoms with Crippen molar-refractivity contribution in [1.29, 1.82) is 0 Å². The minimum Gasteiger partial charge on any atom is -0.456 e. The van der Waals surface area contributed by atoms with Gasteiger partial charge < -0.3 is 4.74 Å². The molecule has 7 heteroatoms. The zero-order valence-corrected chi connectivity index (χ0v) is 19.6. The first-order valence-corrected chi connectivity index (χ1v) is 12.8. The lowest BCUT2D eigenvalue weighted by molar-refractivity contribution is 0.0532. The predicted octanol–water partition coefficient (Wildman–Crippen LogP) is 5.34. The number of carbonyl (C=O) groups excluding carboxylic acids is 4. The molecule has 2 saturated carbocycles. The summed E-state index contributed by atoms with van der Waals surface area (Å²) in [5.74, 6) is -0.452. The van der Waals surface area contributed by atoms with Gasteiger partial charge >= 0.3 is 0 Å². The third-order valence-electron chi connectivity index (χ3n) is 7.91. The van der Waals surface area contributed by atoms with Crippen LogP contribution in [0.1, 0.15) is 106 Å². The van der Waals surface area contributed by atoms with E-state index in [9.17, 15) is 19.2 Å². The molecule has 35 heavy (non-hydrogen) atoms. The van der Waals surface area contributed by atoms with Gasteiger partial charge in [-0.3, -0.25) is 29.0 Å². The van der Waals surface area contributed by atoms with Crippen LogP contribution in [0.25, 0.3) is 0 Å². The topological polar surface area (TPSA) is 84.0 Å². The summed E-state index contributed by atoms with van der Waals surface area (Å²) in [6, 6.07) is 9.77. The molecule has 2 aromatic carbocycles. The molecular formula is C28H28N2O5. The number of imide groups is 2. The summed E-state index contributed by atoms with van der Waals surface area (Å²) in [6.07, 6.45) is 9.70. The number of nitrogens with zero attached hydrogens (tertiary/aromatic N) is 2. The molecule has 0 saturated heterocycles. The van der Waals surface area contributed by atoms with Crippen molar-refractivity contribution in [3.63, 3.8) is 0 Å². The quantitative estimate of drug-likeness (QED) is 0.561. The summed E-state index contributed by atoms with van der Waals surface area (Å²) in [5.41, 5.74) is 1.35. The van der Waals surface area contributed by atoms with Gasteiger partial charge in [0, 0.05) is 12.1 Å². The van der Waals surface area contributed by atoms with E-state index in [1.807, 2.05) is 0 Å². The van der Waals surface area contributed by atoms with E-state index in [4.69, 9.17) is 4.74 Å². The molecular weight excluding hydrogens is 444 g/mol. The standard InChI is InChI=1S/C28H28N2O5/c31-25-20-15-14-19(16-22(20)27(33)29(25)17-8-3-1-4-9-17)35-23-13-7-12-21-24(23)28(34)30(26(21)32)18-10-5-2-6-11-18/h7,12-18H,1-6,8-11H2. The third-order valence-corrected chi connectivity index (χ3v) is 7.91. The molecule has 2 heterocycles. The molecule has 7 nitrogen and oxygen atoms in total. The molecule has 4 amide bonds. The number of hydrogen-bond acceptors (Lipinski definition) is 5. The van der Waals surface area contributed by atoms with E-state index in [2.05, 4.69) is 0 Å². The lowest BCUT2D eigenvalue weighted by Gasteiger charge is -2.29. The van der Waals surface area contributed by atoms with Crippen molar-refractivity contribution in [2.75, 3.05) is 0 Å². The number of hydrogen-bond donors (Lipinski definition) is 0. The molecule has 2 aliphatic heterocycles. The Kier molecular flexibility index (Phi) is 5.43. The Balaban J connectivity index is 1.28. The number of carbonyl (C=O) groups is 4. The molecule has 6 rings (SSSR count). The summed E-state index contributed by atoms with van der Waals surface area (Å²) in [4.78, 5) is 55.4. The number of amides is 4. The van der Waals surface area contributed by atoms with E-state index in [0.29, 0.717) is 28.2 Å². The van der Waals surface area contributed by atoms with Gasteiger partial charge in [-0.25, -0.2) is 0 Å². The Morgan fingerprint density at radius 1 is 0.600 bits per heavy atom. The molecule has 0 unspecified atom stereocenters. The maximum Gasteiger partial charge on any atom is 0.265 e. The SMILES string of the molecule is O=C1c2ccc(Oc3cccc4c3C(=O)N(C3CCCCC3)C4=O)cc2C(=O)N1C1CCCCC1. The summed E-state index contributed by atoms with van der Waals surface area (Å²) >= 11 is 0. The van der Waals surface area contributed by atoms with Crippen LogP contribution in [0.15, 0.2) is 36.4 Å². The van der Waals surface area contributed by atoms with Gasteiger partial charge in [-0.15, -0.1) is 0 Å². The Hall–Kier alpha value is -3.48. The first kappa shape index (κ1) is 22.0. The van der Waals surface area contributed by atoms with Crippen LogP contribution in [0.4, 0.5) is 0 Å². The van der Waals surface area contributed by atoms with E-state index >= 15 is 0 Å². The summed E-state index contributed by atoms with van der Waals surface area (Å²) in [6.45, 7) is 0. The van der Waals surface area contributed by atoms with E-state index in [1.165, 1.54) is 9.80 Å². The summed E-state index contributed by atoms with van der Waals surface area (Å²) < 4.78 is 6.08. The van der Waals surface area contributed by atoms with Gasteiger partial charge in [0.1, 0.15) is 11.5 Å². The van der Waals surface area contributed by atoms with Crippen LogP contribution < -0.4 is 4.74 Å². The highest BCUT2D eigenvalue weighted by molar-refractivity contribution is 6.23. The van der Waals surface area contributed by atoms with Gasteiger partial charge in [-0.2, -0.15) is 0 Å². The molecule has 2 fully saturated rings. The molecule has 0 aromatic heterocycles. The van der Waals surface area contributed by atoms with Crippen LogP contribution in [-0.4, -0.2) is 45.5 Å². The van der Waals surface area contributed by atoms with E-state index in [1.54, 1.807) is 36.4 Å². The Labute approximate surface area is 204 Å². The highest BCUT2D eigenvalue weighted by atomic mass is 16.5. The lowest BCUT2D eigenvalue weighted by atomic mass is 9.94. The van der Waals surface area contributed by atoms with Crippen molar-refractivity contribution in [2.24, 2.45) is 0 Å². The smallest absolute Gasteiger partial charge is 0.265 e. The van der Waals surface area contributed by atoms with E-state index < -0.39 is 0 Å². The second kappa shape index (κ2) is 8.63. The fourth-order valence-electron chi connectivity index (χ4n) is 6.13. The van der Waals surface area contributed by atoms with Crippen molar-refractivity contribution >= 4 is 23.6 Å². The fraction of sp³-hybridized carbons (Fsp3) is 0.429. The monoisotopic (exact) mass is 472 g/mol. The molecule has 2 aromatic rings. The van der Waals surface area contributed by atoms with Crippen molar-refractivity contribution in [1.82, 2.24) is 9.80 Å². The van der Waals surface area contributed by atoms with Crippen LogP contribution in [0.5, 0.6) is 11.5 Å². The second-order valence-electron chi connectivity index (χ2n) is 10.0. The van der Waals surface area contributed by atoms with Gasteiger partial charge in [0.25, 0.3) is 23.6 Å². The van der Waals surface area contributed by atoms with Gasteiger partial charge in [0.15, 0.2) is 0 Å². The lowest BCUT2D eigenvalue weighted by Crippen LogP contribution is -2.40. The Bertz CT molecular complexity index is 1240. The number of fused-ring (bicyclic) bond motifs is 2. The van der Waals surface area contributed by atoms with Crippen molar-refractivity contribution in [3.05, 3.63) is 58.7 Å². The van der Waals surface area contributed by atoms with Gasteiger partial charge in [-0.1, -0.05) is 44.6 Å². The van der Waals surface area contributed by atoms with Gasteiger partial charge in [0.05, 0.1) is 22.3 Å². The van der Waals surface area contributed by atoms with Crippen molar-refractivity contribution in [3.8, 4) is 11.5 Å². The summed E-state index contributed by atoms with van der Waals surface area (Å²) in [5, 5.41) is 0. The van der Waals surface area contributed by atoms with Crippen LogP contribution in [0, 0.1) is 0 Å². The number of benzene rings is 2. The molecule has 2 aliphatic carbocycles. The molecule has 4 aliphatic rings. The predicted molar refractivity (Wildman–Crippen MR) is 128 cm³/mol. The number of ether oxygens (including phenoxy) is 1. The highest BCUT2D eigenvalue weighted by Crippen LogP contribution is 2.38. The first-order valence-electron chi connectivity index (χ1n) is 12.8. The fourth-order valence-corrected chi connectivity index (χ4v) is 6.13. The Morgan fingerprint density at radius 2 is 1.17 bits per heavy atom. The van der Waals surface area contributed by atoms with Crippen LogP contribution >= 0.6 is 0 Å². The largest absolute Gasteiger partial charge is 0.456 e. The average molecular weight is 473 g/mol. The zero-order valence-electron chi connectivity index (χ0n) is 19.6. The minimum absolute atomic E-state index is 0.0488. The zero-order chi connectivity index (χ0) is 24.1. The highest BCUT2D eigenvalue weighted by Gasteiger charge is 2.43. The van der Waals surface area contributed by atoms with Gasteiger partial charge in [-0.05, 0) is 56.0 Å². The van der Waals surface area contributed by atoms with Gasteiger partial charge in [0.2, 0.25) is 0 Å². The molecule has 0 spiro atoms. The molecule has 0 atom stereocenters. The molecule has 0 radical (unpaired) electrons. The van der Waals surface area contributed by atoms with Crippen molar-refractivity contribution < 1.29 is 23.9 Å². The average Bonchev–Trinajstić information content (AvgIpc) is 3.29. The van der Waals surface area contributed by atoms with Crippen LogP contribution in [0.2, 0.25) is 0 Å². The van der Waals surface area contributed by atoms with E-state index in [0.717, 1.165) is 64.2 Å². The normalized spacial score (nSPS) is 21.0. The van der Waals surface area contributed by atoms with Crippen molar-refractivity contribution in [2.45, 2.75) is 76.3 Å². The maximum absolute atomic E-state index is 13.3. The third kappa shape index (κ3) is 3.56.